The largest absolute Gasteiger partial charge is 0.480 e. The van der Waals surface area contributed by atoms with E-state index in [-0.39, 0.29) is 19.6 Å². The van der Waals surface area contributed by atoms with E-state index in [4.69, 9.17) is 4.74 Å². The highest BCUT2D eigenvalue weighted by atomic mass is 19.4. The molecule has 10 nitrogen and oxygen atoms in total. The molecule has 0 unspecified atom stereocenters. The Labute approximate surface area is 216 Å². The monoisotopic (exact) mass is 541 g/mol. The number of ether oxygens (including phenoxy) is 1. The average molecular weight is 542 g/mol. The molecule has 0 heterocycles. The standard InChI is InChI=1S/C24H42F3N3O7/c1-20(2,3)23(19(35)36,21(4,5)6)30(15-17(33)37-22(7,8)9)13-12-29(14-16(31)32)11-10-28-18(34)24(25,26)27/h10-15H2,1-9H3,(H,28,34)(H,31,32)(H,35,36). The summed E-state index contributed by atoms with van der Waals surface area (Å²) >= 11 is 0. The number of amides is 1. The van der Waals surface area contributed by atoms with Crippen LogP contribution in [0.25, 0.3) is 0 Å². The SMILES string of the molecule is CC(C)(C)OC(=O)CN(CCN(CCNC(=O)C(F)(F)F)CC(=O)O)C(C(=O)O)(C(C)(C)C)C(C)(C)C. The quantitative estimate of drug-likeness (QED) is 0.319. The van der Waals surface area contributed by atoms with E-state index in [1.54, 1.807) is 67.6 Å². The maximum Gasteiger partial charge on any atom is 0.471 e. The van der Waals surface area contributed by atoms with Gasteiger partial charge in [0, 0.05) is 26.2 Å². The molecule has 0 atom stereocenters. The zero-order valence-electron chi connectivity index (χ0n) is 23.2. The number of rotatable bonds is 12. The molecule has 0 aliphatic heterocycles. The minimum Gasteiger partial charge on any atom is -0.480 e. The van der Waals surface area contributed by atoms with Crippen LogP contribution in [0.5, 0.6) is 0 Å². The van der Waals surface area contributed by atoms with Crippen molar-refractivity contribution in [2.75, 3.05) is 39.3 Å². The van der Waals surface area contributed by atoms with Gasteiger partial charge in [0.05, 0.1) is 13.1 Å². The molecule has 0 radical (unpaired) electrons. The van der Waals surface area contributed by atoms with Crippen LogP contribution in [0.3, 0.4) is 0 Å². The van der Waals surface area contributed by atoms with Crippen LogP contribution in [0.2, 0.25) is 0 Å². The van der Waals surface area contributed by atoms with E-state index >= 15 is 0 Å². The van der Waals surface area contributed by atoms with Crippen LogP contribution in [0.15, 0.2) is 0 Å². The maximum atomic E-state index is 12.9. The smallest absolute Gasteiger partial charge is 0.471 e. The number of esters is 1. The fourth-order valence-electron chi connectivity index (χ4n) is 4.90. The fourth-order valence-corrected chi connectivity index (χ4v) is 4.90. The van der Waals surface area contributed by atoms with Crippen LogP contribution in [0.4, 0.5) is 13.2 Å². The molecule has 0 aliphatic carbocycles. The van der Waals surface area contributed by atoms with E-state index in [9.17, 15) is 42.6 Å². The lowest BCUT2D eigenvalue weighted by atomic mass is 9.59. The highest BCUT2D eigenvalue weighted by Gasteiger charge is 2.60. The molecule has 13 heteroatoms. The van der Waals surface area contributed by atoms with Crippen LogP contribution in [0.1, 0.15) is 62.3 Å². The number of hydrogen-bond acceptors (Lipinski definition) is 7. The summed E-state index contributed by atoms with van der Waals surface area (Å²) in [7, 11) is 0. The summed E-state index contributed by atoms with van der Waals surface area (Å²) in [6, 6.07) is 0. The van der Waals surface area contributed by atoms with Crippen LogP contribution < -0.4 is 5.32 Å². The highest BCUT2D eigenvalue weighted by Crippen LogP contribution is 2.48. The number of carbonyl (C=O) groups excluding carboxylic acids is 2. The van der Waals surface area contributed by atoms with Gasteiger partial charge < -0.3 is 20.3 Å². The van der Waals surface area contributed by atoms with Gasteiger partial charge in [-0.3, -0.25) is 29.0 Å². The first-order chi connectivity index (χ1) is 16.4. The number of aliphatic carboxylic acids is 2. The maximum absolute atomic E-state index is 12.9. The first-order valence-electron chi connectivity index (χ1n) is 11.9. The molecule has 0 aromatic carbocycles. The summed E-state index contributed by atoms with van der Waals surface area (Å²) in [4.78, 5) is 50.9. The normalized spacial score (nSPS) is 13.6. The lowest BCUT2D eigenvalue weighted by Crippen LogP contribution is -2.70. The van der Waals surface area contributed by atoms with Crippen molar-refractivity contribution in [3.8, 4) is 0 Å². The molecule has 0 rings (SSSR count). The van der Waals surface area contributed by atoms with E-state index < -0.39 is 71.6 Å². The summed E-state index contributed by atoms with van der Waals surface area (Å²) in [6.07, 6.45) is -5.08. The highest BCUT2D eigenvalue weighted by molar-refractivity contribution is 5.83. The number of halogens is 3. The van der Waals surface area contributed by atoms with Crippen molar-refractivity contribution in [1.29, 1.82) is 0 Å². The topological polar surface area (TPSA) is 136 Å². The molecule has 3 N–H and O–H groups in total. The lowest BCUT2D eigenvalue weighted by molar-refractivity contribution is -0.181. The van der Waals surface area contributed by atoms with Gasteiger partial charge in [-0.1, -0.05) is 41.5 Å². The second-order valence-electron chi connectivity index (χ2n) is 11.9. The Kier molecular flexibility index (Phi) is 11.6. The van der Waals surface area contributed by atoms with Gasteiger partial charge in [-0.2, -0.15) is 13.2 Å². The average Bonchev–Trinajstić information content (AvgIpc) is 2.60. The number of nitrogens with zero attached hydrogens (tertiary/aromatic N) is 2. The fraction of sp³-hybridized carbons (Fsp3) is 0.833. The molecule has 0 fully saturated rings. The molecular weight excluding hydrogens is 499 g/mol. The summed E-state index contributed by atoms with van der Waals surface area (Å²) in [5, 5.41) is 21.5. The van der Waals surface area contributed by atoms with Gasteiger partial charge in [-0.05, 0) is 31.6 Å². The molecule has 216 valence electrons. The molecular formula is C24H42F3N3O7. The third-order valence-corrected chi connectivity index (χ3v) is 5.71. The molecule has 37 heavy (non-hydrogen) atoms. The second-order valence-corrected chi connectivity index (χ2v) is 11.9. The Bertz CT molecular complexity index is 811. The predicted octanol–water partition coefficient (Wildman–Crippen LogP) is 2.61. The number of carboxylic acid groups (broad SMARTS) is 2. The molecule has 0 saturated carbocycles. The molecule has 0 bridgehead atoms. The van der Waals surface area contributed by atoms with Gasteiger partial charge in [0.1, 0.15) is 11.1 Å². The van der Waals surface area contributed by atoms with Crippen molar-refractivity contribution in [1.82, 2.24) is 15.1 Å². The minimum atomic E-state index is -5.08. The van der Waals surface area contributed by atoms with Gasteiger partial charge in [0.15, 0.2) is 0 Å². The zero-order valence-corrected chi connectivity index (χ0v) is 23.2. The van der Waals surface area contributed by atoms with Crippen LogP contribution in [-0.2, 0) is 23.9 Å². The van der Waals surface area contributed by atoms with Gasteiger partial charge in [-0.25, -0.2) is 0 Å². The number of alkyl halides is 3. The summed E-state index contributed by atoms with van der Waals surface area (Å²) in [5.41, 5.74) is -4.35. The first-order valence-corrected chi connectivity index (χ1v) is 11.9. The van der Waals surface area contributed by atoms with E-state index in [0.29, 0.717) is 0 Å². The zero-order chi connectivity index (χ0) is 29.6. The summed E-state index contributed by atoms with van der Waals surface area (Å²) < 4.78 is 42.9. The van der Waals surface area contributed by atoms with E-state index in [1.807, 2.05) is 0 Å². The van der Waals surface area contributed by atoms with Gasteiger partial charge >= 0.3 is 30.0 Å². The Morgan fingerprint density at radius 3 is 1.62 bits per heavy atom. The third-order valence-electron chi connectivity index (χ3n) is 5.71. The minimum absolute atomic E-state index is 0.113. The first kappa shape index (κ1) is 34.6. The number of carboxylic acids is 2. The molecule has 0 aliphatic rings. The van der Waals surface area contributed by atoms with Gasteiger partial charge in [0.2, 0.25) is 0 Å². The van der Waals surface area contributed by atoms with Crippen LogP contribution in [0, 0.1) is 10.8 Å². The number of hydrogen-bond donors (Lipinski definition) is 3. The Balaban J connectivity index is 6.23. The summed E-state index contributed by atoms with van der Waals surface area (Å²) in [6.45, 7) is 13.3. The number of carbonyl (C=O) groups is 4. The van der Waals surface area contributed by atoms with Crippen molar-refractivity contribution in [3.05, 3.63) is 0 Å². The predicted molar refractivity (Wildman–Crippen MR) is 130 cm³/mol. The summed E-state index contributed by atoms with van der Waals surface area (Å²) in [5.74, 6) is -5.30. The van der Waals surface area contributed by atoms with Crippen molar-refractivity contribution in [2.45, 2.75) is 79.6 Å². The molecule has 0 aromatic rings. The van der Waals surface area contributed by atoms with Gasteiger partial charge in [-0.15, -0.1) is 0 Å². The van der Waals surface area contributed by atoms with Crippen molar-refractivity contribution < 1.29 is 47.3 Å². The Morgan fingerprint density at radius 1 is 0.784 bits per heavy atom. The van der Waals surface area contributed by atoms with Crippen LogP contribution in [-0.4, -0.2) is 100 Å². The third kappa shape index (κ3) is 10.1. The van der Waals surface area contributed by atoms with Gasteiger partial charge in [0.25, 0.3) is 0 Å². The van der Waals surface area contributed by atoms with E-state index in [1.165, 1.54) is 9.80 Å². The molecule has 0 saturated heterocycles. The molecule has 0 aromatic heterocycles. The second kappa shape index (κ2) is 12.4. The van der Waals surface area contributed by atoms with Crippen LogP contribution >= 0.6 is 0 Å². The van der Waals surface area contributed by atoms with Crippen molar-refractivity contribution in [2.24, 2.45) is 10.8 Å². The molecule has 0 spiro atoms. The van der Waals surface area contributed by atoms with E-state index in [0.717, 1.165) is 0 Å². The Morgan fingerprint density at radius 2 is 1.27 bits per heavy atom. The van der Waals surface area contributed by atoms with E-state index in [2.05, 4.69) is 0 Å². The lowest BCUT2D eigenvalue weighted by Gasteiger charge is -2.56. The van der Waals surface area contributed by atoms with Crippen molar-refractivity contribution >= 4 is 23.8 Å². The number of nitrogens with one attached hydrogen (secondary N) is 1. The van der Waals surface area contributed by atoms with Crippen molar-refractivity contribution in [3.63, 3.8) is 0 Å². The Hall–Kier alpha value is -2.41. The molecule has 1 amide bonds.